The predicted octanol–water partition coefficient (Wildman–Crippen LogP) is 4.91. The van der Waals surface area contributed by atoms with Crippen LogP contribution in [0.15, 0.2) is 22.7 Å². The zero-order valence-electron chi connectivity index (χ0n) is 12.4. The van der Waals surface area contributed by atoms with Crippen molar-refractivity contribution in [1.82, 2.24) is 0 Å². The molecular weight excluding hydrogens is 314 g/mol. The van der Waals surface area contributed by atoms with Crippen LogP contribution in [0.5, 0.6) is 0 Å². The molecule has 1 spiro atoms. The molecule has 2 aliphatic rings. The number of nitrogens with one attached hydrogen (secondary N) is 1. The van der Waals surface area contributed by atoms with Gasteiger partial charge < -0.3 is 10.1 Å². The number of rotatable bonds is 4. The van der Waals surface area contributed by atoms with E-state index in [0.717, 1.165) is 13.0 Å². The number of halogens is 1. The maximum absolute atomic E-state index is 5.98. The summed E-state index contributed by atoms with van der Waals surface area (Å²) in [6.07, 6.45) is 7.00. The molecule has 110 valence electrons. The standard InChI is InChI=1S/C17H24BrNO/c1-3-20-16-11-15(17(16)8-4-5-9-17)19-13-6-7-14(18)12(2)10-13/h6-7,10,15-16,19H,3-5,8-9,11H2,1-2H3. The third-order valence-electron chi connectivity index (χ3n) is 5.19. The molecule has 0 bridgehead atoms. The van der Waals surface area contributed by atoms with E-state index in [1.165, 1.54) is 41.4 Å². The van der Waals surface area contributed by atoms with E-state index in [0.29, 0.717) is 17.6 Å². The zero-order valence-corrected chi connectivity index (χ0v) is 14.0. The second kappa shape index (κ2) is 5.69. The second-order valence-electron chi connectivity index (χ2n) is 6.28. The Balaban J connectivity index is 1.72. The van der Waals surface area contributed by atoms with Crippen LogP contribution in [0.4, 0.5) is 5.69 Å². The molecule has 2 saturated carbocycles. The third-order valence-corrected chi connectivity index (χ3v) is 6.08. The highest BCUT2D eigenvalue weighted by Crippen LogP contribution is 2.55. The van der Waals surface area contributed by atoms with Crippen molar-refractivity contribution >= 4 is 21.6 Å². The van der Waals surface area contributed by atoms with Crippen molar-refractivity contribution in [1.29, 1.82) is 0 Å². The van der Waals surface area contributed by atoms with Crippen molar-refractivity contribution in [3.05, 3.63) is 28.2 Å². The molecule has 2 nitrogen and oxygen atoms in total. The van der Waals surface area contributed by atoms with Crippen LogP contribution < -0.4 is 5.32 Å². The molecule has 0 amide bonds. The smallest absolute Gasteiger partial charge is 0.0670 e. The van der Waals surface area contributed by atoms with Gasteiger partial charge in [0.15, 0.2) is 0 Å². The maximum atomic E-state index is 5.98. The molecule has 0 aliphatic heterocycles. The molecule has 2 aliphatic carbocycles. The van der Waals surface area contributed by atoms with Gasteiger partial charge in [-0.05, 0) is 56.9 Å². The first kappa shape index (κ1) is 14.4. The van der Waals surface area contributed by atoms with E-state index in [2.05, 4.69) is 53.3 Å². The van der Waals surface area contributed by atoms with E-state index in [1.54, 1.807) is 0 Å². The van der Waals surface area contributed by atoms with Gasteiger partial charge in [0, 0.05) is 28.2 Å². The van der Waals surface area contributed by atoms with Crippen molar-refractivity contribution in [3.8, 4) is 0 Å². The molecule has 3 rings (SSSR count). The van der Waals surface area contributed by atoms with Gasteiger partial charge >= 0.3 is 0 Å². The first-order valence-corrected chi connectivity index (χ1v) is 8.59. The number of aryl methyl sites for hydroxylation is 1. The van der Waals surface area contributed by atoms with Gasteiger partial charge in [-0.15, -0.1) is 0 Å². The molecule has 0 heterocycles. The molecule has 0 saturated heterocycles. The van der Waals surface area contributed by atoms with Gasteiger partial charge in [-0.1, -0.05) is 28.8 Å². The maximum Gasteiger partial charge on any atom is 0.0670 e. The normalized spacial score (nSPS) is 27.6. The summed E-state index contributed by atoms with van der Waals surface area (Å²) in [4.78, 5) is 0. The molecule has 1 aromatic carbocycles. The SMILES string of the molecule is CCOC1CC(Nc2ccc(Br)c(C)c2)C12CCCC2. The molecule has 20 heavy (non-hydrogen) atoms. The van der Waals surface area contributed by atoms with Crippen molar-refractivity contribution in [2.45, 2.75) is 58.1 Å². The predicted molar refractivity (Wildman–Crippen MR) is 87.2 cm³/mol. The van der Waals surface area contributed by atoms with E-state index in [4.69, 9.17) is 4.74 Å². The van der Waals surface area contributed by atoms with Crippen LogP contribution in [0.2, 0.25) is 0 Å². The Kier molecular flexibility index (Phi) is 4.09. The van der Waals surface area contributed by atoms with Gasteiger partial charge in [-0.2, -0.15) is 0 Å². The summed E-state index contributed by atoms with van der Waals surface area (Å²) in [6, 6.07) is 7.13. The van der Waals surface area contributed by atoms with E-state index < -0.39 is 0 Å². The molecule has 2 fully saturated rings. The van der Waals surface area contributed by atoms with Crippen LogP contribution in [0.25, 0.3) is 0 Å². The Bertz CT molecular complexity index is 482. The third kappa shape index (κ3) is 2.39. The van der Waals surface area contributed by atoms with Crippen molar-refractivity contribution in [3.63, 3.8) is 0 Å². The fourth-order valence-electron chi connectivity index (χ4n) is 4.02. The Morgan fingerprint density at radius 2 is 2.10 bits per heavy atom. The highest BCUT2D eigenvalue weighted by Gasteiger charge is 2.56. The monoisotopic (exact) mass is 337 g/mol. The molecule has 0 aromatic heterocycles. The molecule has 2 unspecified atom stereocenters. The number of anilines is 1. The molecular formula is C17H24BrNO. The van der Waals surface area contributed by atoms with E-state index in [-0.39, 0.29) is 0 Å². The minimum atomic E-state index is 0.400. The Morgan fingerprint density at radius 3 is 2.75 bits per heavy atom. The average Bonchev–Trinajstić information content (AvgIpc) is 2.94. The summed E-state index contributed by atoms with van der Waals surface area (Å²) >= 11 is 3.57. The lowest BCUT2D eigenvalue weighted by atomic mass is 9.60. The van der Waals surface area contributed by atoms with Crippen molar-refractivity contribution in [2.24, 2.45) is 5.41 Å². The zero-order chi connectivity index (χ0) is 14.2. The van der Waals surface area contributed by atoms with Crippen LogP contribution in [-0.4, -0.2) is 18.8 Å². The first-order chi connectivity index (χ1) is 9.65. The minimum Gasteiger partial charge on any atom is -0.382 e. The van der Waals surface area contributed by atoms with Gasteiger partial charge in [-0.25, -0.2) is 0 Å². The van der Waals surface area contributed by atoms with Gasteiger partial charge in [0.1, 0.15) is 0 Å². The molecule has 2 atom stereocenters. The van der Waals surface area contributed by atoms with Crippen molar-refractivity contribution < 1.29 is 4.74 Å². The summed E-state index contributed by atoms with van der Waals surface area (Å²) in [5.41, 5.74) is 2.94. The second-order valence-corrected chi connectivity index (χ2v) is 7.14. The molecule has 1 aromatic rings. The fourth-order valence-corrected chi connectivity index (χ4v) is 4.27. The van der Waals surface area contributed by atoms with Crippen LogP contribution in [0, 0.1) is 12.3 Å². The quantitative estimate of drug-likeness (QED) is 0.842. The van der Waals surface area contributed by atoms with Gasteiger partial charge in [0.05, 0.1) is 6.10 Å². The van der Waals surface area contributed by atoms with Crippen LogP contribution in [0.1, 0.15) is 44.6 Å². The van der Waals surface area contributed by atoms with Gasteiger partial charge in [-0.3, -0.25) is 0 Å². The number of hydrogen-bond donors (Lipinski definition) is 1. The summed E-state index contributed by atoms with van der Waals surface area (Å²) in [7, 11) is 0. The van der Waals surface area contributed by atoms with Crippen LogP contribution >= 0.6 is 15.9 Å². The molecule has 1 N–H and O–H groups in total. The summed E-state index contributed by atoms with van der Waals surface area (Å²) < 4.78 is 7.16. The fraction of sp³-hybridized carbons (Fsp3) is 0.647. The Labute approximate surface area is 130 Å². The Morgan fingerprint density at radius 1 is 1.35 bits per heavy atom. The first-order valence-electron chi connectivity index (χ1n) is 7.80. The molecule has 3 heteroatoms. The number of benzene rings is 1. The Hall–Kier alpha value is -0.540. The minimum absolute atomic E-state index is 0.400. The van der Waals surface area contributed by atoms with E-state index in [9.17, 15) is 0 Å². The summed E-state index contributed by atoms with van der Waals surface area (Å²) in [5.74, 6) is 0. The molecule has 0 radical (unpaired) electrons. The average molecular weight is 338 g/mol. The number of hydrogen-bond acceptors (Lipinski definition) is 2. The topological polar surface area (TPSA) is 21.3 Å². The van der Waals surface area contributed by atoms with E-state index in [1.807, 2.05) is 0 Å². The highest BCUT2D eigenvalue weighted by atomic mass is 79.9. The van der Waals surface area contributed by atoms with Crippen LogP contribution in [-0.2, 0) is 4.74 Å². The van der Waals surface area contributed by atoms with Crippen molar-refractivity contribution in [2.75, 3.05) is 11.9 Å². The largest absolute Gasteiger partial charge is 0.382 e. The van der Waals surface area contributed by atoms with Gasteiger partial charge in [0.2, 0.25) is 0 Å². The highest BCUT2D eigenvalue weighted by molar-refractivity contribution is 9.10. The lowest BCUT2D eigenvalue weighted by molar-refractivity contribution is -0.114. The van der Waals surface area contributed by atoms with E-state index >= 15 is 0 Å². The van der Waals surface area contributed by atoms with Gasteiger partial charge in [0.25, 0.3) is 0 Å². The lowest BCUT2D eigenvalue weighted by Gasteiger charge is -2.54. The van der Waals surface area contributed by atoms with Crippen LogP contribution in [0.3, 0.4) is 0 Å². The lowest BCUT2D eigenvalue weighted by Crippen LogP contribution is -2.60. The summed E-state index contributed by atoms with van der Waals surface area (Å²) in [6.45, 7) is 5.10. The number of ether oxygens (including phenoxy) is 1. The summed E-state index contributed by atoms with van der Waals surface area (Å²) in [5, 5.41) is 3.77.